The van der Waals surface area contributed by atoms with Crippen LogP contribution in [0.1, 0.15) is 55.8 Å². The van der Waals surface area contributed by atoms with Crippen molar-refractivity contribution in [1.29, 1.82) is 0 Å². The molecule has 3 aromatic rings. The molecule has 9 heteroatoms. The standard InChI is InChI=1S/C26H31N5O4/c1-15(32)30-17-5-7-18(8-6-17)31-26(33)21-12-27-25-23(28-14-29-24(21)25)20-11-19(34-2)9-10-22(20)35-13-16-3-4-16/h9-12,14,16-18,27H,3-8,13H2,1-2H3,(H,30,32)(H,31,33)/t17-,18-. The second-order valence-corrected chi connectivity index (χ2v) is 9.49. The molecule has 2 saturated carbocycles. The van der Waals surface area contributed by atoms with Crippen molar-refractivity contribution >= 4 is 22.8 Å². The average molecular weight is 478 g/mol. The fourth-order valence-electron chi connectivity index (χ4n) is 4.69. The minimum absolute atomic E-state index is 0.0103. The molecule has 35 heavy (non-hydrogen) atoms. The van der Waals surface area contributed by atoms with Gasteiger partial charge in [0, 0.05) is 30.8 Å². The number of carbonyl (C=O) groups is 2. The third kappa shape index (κ3) is 5.23. The molecule has 0 aliphatic heterocycles. The number of aromatic nitrogens is 3. The van der Waals surface area contributed by atoms with E-state index in [1.54, 1.807) is 13.3 Å². The molecule has 2 aliphatic carbocycles. The molecule has 0 radical (unpaired) electrons. The van der Waals surface area contributed by atoms with Gasteiger partial charge < -0.3 is 25.1 Å². The smallest absolute Gasteiger partial charge is 0.255 e. The van der Waals surface area contributed by atoms with Crippen LogP contribution in [0, 0.1) is 5.92 Å². The summed E-state index contributed by atoms with van der Waals surface area (Å²) in [6.07, 6.45) is 8.92. The summed E-state index contributed by atoms with van der Waals surface area (Å²) in [4.78, 5) is 36.6. The van der Waals surface area contributed by atoms with Crippen molar-refractivity contribution in [3.63, 3.8) is 0 Å². The highest BCUT2D eigenvalue weighted by Gasteiger charge is 2.26. The Kier molecular flexibility index (Phi) is 6.57. The predicted molar refractivity (Wildman–Crippen MR) is 131 cm³/mol. The molecule has 2 fully saturated rings. The first-order chi connectivity index (χ1) is 17.0. The van der Waals surface area contributed by atoms with Crippen molar-refractivity contribution < 1.29 is 19.1 Å². The van der Waals surface area contributed by atoms with Crippen molar-refractivity contribution in [2.45, 2.75) is 57.5 Å². The van der Waals surface area contributed by atoms with Gasteiger partial charge in [-0.15, -0.1) is 0 Å². The van der Waals surface area contributed by atoms with Crippen LogP contribution in [0.3, 0.4) is 0 Å². The molecule has 2 amide bonds. The van der Waals surface area contributed by atoms with Crippen LogP contribution in [0.4, 0.5) is 0 Å². The van der Waals surface area contributed by atoms with Gasteiger partial charge in [0.25, 0.3) is 5.91 Å². The number of hydrogen-bond donors (Lipinski definition) is 3. The van der Waals surface area contributed by atoms with E-state index in [4.69, 9.17) is 9.47 Å². The summed E-state index contributed by atoms with van der Waals surface area (Å²) >= 11 is 0. The van der Waals surface area contributed by atoms with Gasteiger partial charge >= 0.3 is 0 Å². The molecule has 0 spiro atoms. The van der Waals surface area contributed by atoms with E-state index in [2.05, 4.69) is 25.6 Å². The molecular weight excluding hydrogens is 446 g/mol. The largest absolute Gasteiger partial charge is 0.497 e. The number of nitrogens with one attached hydrogen (secondary N) is 3. The van der Waals surface area contributed by atoms with Gasteiger partial charge in [0.1, 0.15) is 29.0 Å². The van der Waals surface area contributed by atoms with E-state index in [0.717, 1.165) is 37.0 Å². The lowest BCUT2D eigenvalue weighted by Gasteiger charge is -2.29. The van der Waals surface area contributed by atoms with Crippen LogP contribution in [-0.2, 0) is 4.79 Å². The normalized spacial score (nSPS) is 19.8. The average Bonchev–Trinajstić information content (AvgIpc) is 3.59. The maximum absolute atomic E-state index is 13.1. The van der Waals surface area contributed by atoms with E-state index >= 15 is 0 Å². The Morgan fingerprint density at radius 2 is 1.80 bits per heavy atom. The molecule has 9 nitrogen and oxygen atoms in total. The highest BCUT2D eigenvalue weighted by atomic mass is 16.5. The lowest BCUT2D eigenvalue weighted by molar-refractivity contribution is -0.119. The molecular formula is C26H31N5O4. The number of methoxy groups -OCH3 is 1. The Labute approximate surface area is 204 Å². The maximum atomic E-state index is 13.1. The first-order valence-corrected chi connectivity index (χ1v) is 12.2. The number of nitrogens with zero attached hydrogens (tertiary/aromatic N) is 2. The fourth-order valence-corrected chi connectivity index (χ4v) is 4.69. The van der Waals surface area contributed by atoms with E-state index in [1.165, 1.54) is 26.1 Å². The molecule has 1 aromatic carbocycles. The highest BCUT2D eigenvalue weighted by Crippen LogP contribution is 2.37. The number of hydrogen-bond acceptors (Lipinski definition) is 6. The SMILES string of the molecule is COc1ccc(OCC2CC2)c(-c2ncnc3c(C(=O)N[C@H]4CC[C@H](NC(C)=O)CC4)c[nH]c23)c1. The summed E-state index contributed by atoms with van der Waals surface area (Å²) in [5.74, 6) is 1.87. The van der Waals surface area contributed by atoms with Crippen LogP contribution in [0.5, 0.6) is 11.5 Å². The van der Waals surface area contributed by atoms with E-state index in [-0.39, 0.29) is 23.9 Å². The third-order valence-corrected chi connectivity index (χ3v) is 6.79. The molecule has 184 valence electrons. The Balaban J connectivity index is 1.37. The highest BCUT2D eigenvalue weighted by molar-refractivity contribution is 6.08. The molecule has 2 aliphatic rings. The van der Waals surface area contributed by atoms with Crippen molar-refractivity contribution in [2.24, 2.45) is 5.92 Å². The van der Waals surface area contributed by atoms with Crippen LogP contribution in [0.25, 0.3) is 22.3 Å². The van der Waals surface area contributed by atoms with Crippen LogP contribution in [0.15, 0.2) is 30.7 Å². The first kappa shape index (κ1) is 23.1. The van der Waals surface area contributed by atoms with Gasteiger partial charge in [-0.05, 0) is 62.6 Å². The topological polar surface area (TPSA) is 118 Å². The van der Waals surface area contributed by atoms with Crippen molar-refractivity contribution in [3.05, 3.63) is 36.3 Å². The van der Waals surface area contributed by atoms with E-state index in [1.807, 2.05) is 18.2 Å². The predicted octanol–water partition coefficient (Wildman–Crippen LogP) is 3.60. The summed E-state index contributed by atoms with van der Waals surface area (Å²) in [6, 6.07) is 5.93. The summed E-state index contributed by atoms with van der Waals surface area (Å²) < 4.78 is 11.6. The van der Waals surface area contributed by atoms with Crippen LogP contribution < -0.4 is 20.1 Å². The number of carbonyl (C=O) groups excluding carboxylic acids is 2. The second-order valence-electron chi connectivity index (χ2n) is 9.49. The lowest BCUT2D eigenvalue weighted by atomic mass is 9.91. The van der Waals surface area contributed by atoms with Crippen molar-refractivity contribution in [1.82, 2.24) is 25.6 Å². The molecule has 5 rings (SSSR count). The Bertz CT molecular complexity index is 1230. The zero-order chi connectivity index (χ0) is 24.4. The number of H-pyrrole nitrogens is 1. The quantitative estimate of drug-likeness (QED) is 0.456. The number of amides is 2. The van der Waals surface area contributed by atoms with Crippen LogP contribution in [0.2, 0.25) is 0 Å². The van der Waals surface area contributed by atoms with Crippen molar-refractivity contribution in [2.75, 3.05) is 13.7 Å². The zero-order valence-electron chi connectivity index (χ0n) is 20.1. The second kappa shape index (κ2) is 9.93. The van der Waals surface area contributed by atoms with Crippen molar-refractivity contribution in [3.8, 4) is 22.8 Å². The molecule has 3 N–H and O–H groups in total. The molecule has 0 saturated heterocycles. The van der Waals surface area contributed by atoms with Crippen LogP contribution >= 0.6 is 0 Å². The van der Waals surface area contributed by atoms with Gasteiger partial charge in [0.2, 0.25) is 5.91 Å². The Morgan fingerprint density at radius 1 is 1.06 bits per heavy atom. The number of fused-ring (bicyclic) bond motifs is 1. The molecule has 2 aromatic heterocycles. The Morgan fingerprint density at radius 3 is 2.49 bits per heavy atom. The first-order valence-electron chi connectivity index (χ1n) is 12.2. The number of rotatable bonds is 8. The minimum Gasteiger partial charge on any atom is -0.497 e. The third-order valence-electron chi connectivity index (χ3n) is 6.79. The lowest BCUT2D eigenvalue weighted by Crippen LogP contribution is -2.43. The molecule has 2 heterocycles. The summed E-state index contributed by atoms with van der Waals surface area (Å²) in [7, 11) is 1.63. The van der Waals surface area contributed by atoms with Gasteiger partial charge in [-0.2, -0.15) is 0 Å². The van der Waals surface area contributed by atoms with E-state index in [0.29, 0.717) is 40.6 Å². The fraction of sp³-hybridized carbons (Fsp3) is 0.462. The molecule has 0 bridgehead atoms. The van der Waals surface area contributed by atoms with Gasteiger partial charge in [0.15, 0.2) is 0 Å². The zero-order valence-corrected chi connectivity index (χ0v) is 20.1. The Hall–Kier alpha value is -3.62. The minimum atomic E-state index is -0.167. The van der Waals surface area contributed by atoms with Gasteiger partial charge in [-0.1, -0.05) is 0 Å². The summed E-state index contributed by atoms with van der Waals surface area (Å²) in [5, 5.41) is 6.11. The number of ether oxygens (including phenoxy) is 2. The van der Waals surface area contributed by atoms with Crippen LogP contribution in [-0.4, -0.2) is 52.6 Å². The summed E-state index contributed by atoms with van der Waals surface area (Å²) in [5.41, 5.74) is 3.18. The van der Waals surface area contributed by atoms with Gasteiger partial charge in [-0.3, -0.25) is 9.59 Å². The number of benzene rings is 1. The summed E-state index contributed by atoms with van der Waals surface area (Å²) in [6.45, 7) is 2.21. The number of aromatic amines is 1. The van der Waals surface area contributed by atoms with Gasteiger partial charge in [-0.25, -0.2) is 9.97 Å². The molecule has 0 unspecified atom stereocenters. The monoisotopic (exact) mass is 477 g/mol. The van der Waals surface area contributed by atoms with E-state index < -0.39 is 0 Å². The van der Waals surface area contributed by atoms with Gasteiger partial charge in [0.05, 0.1) is 24.8 Å². The molecule has 0 atom stereocenters. The van der Waals surface area contributed by atoms with E-state index in [9.17, 15) is 9.59 Å². The maximum Gasteiger partial charge on any atom is 0.255 e.